The molecule has 0 atom stereocenters. The fourth-order valence-corrected chi connectivity index (χ4v) is 1.69. The van der Waals surface area contributed by atoms with E-state index in [1.807, 2.05) is 6.07 Å². The van der Waals surface area contributed by atoms with Crippen LogP contribution in [0.4, 0.5) is 0 Å². The molecule has 1 heterocycles. The van der Waals surface area contributed by atoms with Crippen molar-refractivity contribution in [2.24, 2.45) is 0 Å². The van der Waals surface area contributed by atoms with Gasteiger partial charge < -0.3 is 9.15 Å². The maximum atomic E-state index is 11.5. The molecule has 2 aromatic rings. The van der Waals surface area contributed by atoms with Crippen molar-refractivity contribution in [3.05, 3.63) is 36.2 Å². The molecular formula is C11H10N2O3S. The van der Waals surface area contributed by atoms with Crippen LogP contribution in [-0.2, 0) is 4.79 Å². The third-order valence-electron chi connectivity index (χ3n) is 1.80. The first-order valence-electron chi connectivity index (χ1n) is 4.92. The van der Waals surface area contributed by atoms with Gasteiger partial charge in [0.15, 0.2) is 0 Å². The van der Waals surface area contributed by atoms with E-state index in [0.717, 1.165) is 11.8 Å². The number of aryl methyl sites for hydroxylation is 1. The fourth-order valence-electron chi connectivity index (χ4n) is 1.11. The van der Waals surface area contributed by atoms with Crippen LogP contribution in [-0.4, -0.2) is 21.9 Å². The van der Waals surface area contributed by atoms with Crippen molar-refractivity contribution in [1.29, 1.82) is 0 Å². The van der Waals surface area contributed by atoms with E-state index >= 15 is 0 Å². The second-order valence-corrected chi connectivity index (χ2v) is 4.09. The van der Waals surface area contributed by atoms with Crippen LogP contribution < -0.4 is 4.74 Å². The molecule has 0 unspecified atom stereocenters. The Balaban J connectivity index is 1.82. The average Bonchev–Trinajstić information content (AvgIpc) is 2.74. The molecule has 2 rings (SSSR count). The molecule has 0 aliphatic rings. The minimum Gasteiger partial charge on any atom is -0.426 e. The van der Waals surface area contributed by atoms with Gasteiger partial charge in [0.2, 0.25) is 5.89 Å². The number of hydrogen-bond donors (Lipinski definition) is 0. The predicted octanol–water partition coefficient (Wildman–Crippen LogP) is 2.08. The van der Waals surface area contributed by atoms with Gasteiger partial charge in [-0.2, -0.15) is 0 Å². The van der Waals surface area contributed by atoms with Crippen molar-refractivity contribution in [2.75, 3.05) is 5.75 Å². The number of ether oxygens (including phenoxy) is 1. The molecule has 1 aromatic carbocycles. The van der Waals surface area contributed by atoms with E-state index in [9.17, 15) is 4.79 Å². The molecule has 0 radical (unpaired) electrons. The Hall–Kier alpha value is -1.82. The largest absolute Gasteiger partial charge is 0.426 e. The molecular weight excluding hydrogens is 240 g/mol. The summed E-state index contributed by atoms with van der Waals surface area (Å²) >= 11 is 1.15. The van der Waals surface area contributed by atoms with E-state index in [4.69, 9.17) is 9.15 Å². The molecule has 0 saturated heterocycles. The SMILES string of the molecule is Cc1nnc(SCC(=O)Oc2ccccc2)o1. The Morgan fingerprint density at radius 1 is 1.35 bits per heavy atom. The normalized spacial score (nSPS) is 10.2. The second-order valence-electron chi connectivity index (χ2n) is 3.16. The maximum Gasteiger partial charge on any atom is 0.321 e. The number of hydrogen-bond acceptors (Lipinski definition) is 6. The predicted molar refractivity (Wildman–Crippen MR) is 61.8 cm³/mol. The van der Waals surface area contributed by atoms with Gasteiger partial charge in [0.25, 0.3) is 5.22 Å². The Kier molecular flexibility index (Phi) is 3.77. The molecule has 0 aliphatic heterocycles. The number of esters is 1. The van der Waals surface area contributed by atoms with Gasteiger partial charge in [0, 0.05) is 6.92 Å². The van der Waals surface area contributed by atoms with Crippen LogP contribution in [0.1, 0.15) is 5.89 Å². The summed E-state index contributed by atoms with van der Waals surface area (Å²) in [5.41, 5.74) is 0. The number of carbonyl (C=O) groups excluding carboxylic acids is 1. The summed E-state index contributed by atoms with van der Waals surface area (Å²) in [4.78, 5) is 11.5. The number of carbonyl (C=O) groups is 1. The molecule has 0 spiro atoms. The summed E-state index contributed by atoms with van der Waals surface area (Å²) < 4.78 is 10.2. The zero-order valence-corrected chi connectivity index (χ0v) is 9.94. The van der Waals surface area contributed by atoms with Crippen molar-refractivity contribution < 1.29 is 13.9 Å². The number of benzene rings is 1. The first-order chi connectivity index (χ1) is 8.24. The fraction of sp³-hybridized carbons (Fsp3) is 0.182. The van der Waals surface area contributed by atoms with Crippen LogP contribution in [0.3, 0.4) is 0 Å². The van der Waals surface area contributed by atoms with Gasteiger partial charge >= 0.3 is 5.97 Å². The van der Waals surface area contributed by atoms with Crippen LogP contribution in [0, 0.1) is 6.92 Å². The zero-order valence-electron chi connectivity index (χ0n) is 9.12. The van der Waals surface area contributed by atoms with E-state index in [1.54, 1.807) is 31.2 Å². The van der Waals surface area contributed by atoms with Gasteiger partial charge in [-0.25, -0.2) is 0 Å². The van der Waals surface area contributed by atoms with Gasteiger partial charge in [-0.05, 0) is 12.1 Å². The Bertz CT molecular complexity index is 498. The smallest absolute Gasteiger partial charge is 0.321 e. The second kappa shape index (κ2) is 5.49. The summed E-state index contributed by atoms with van der Waals surface area (Å²) in [5.74, 6) is 0.789. The number of aromatic nitrogens is 2. The van der Waals surface area contributed by atoms with Crippen molar-refractivity contribution >= 4 is 17.7 Å². The van der Waals surface area contributed by atoms with Crippen molar-refractivity contribution in [2.45, 2.75) is 12.1 Å². The molecule has 5 nitrogen and oxygen atoms in total. The van der Waals surface area contributed by atoms with Crippen LogP contribution in [0.2, 0.25) is 0 Å². The molecule has 0 amide bonds. The van der Waals surface area contributed by atoms with Gasteiger partial charge in [0.05, 0.1) is 0 Å². The van der Waals surface area contributed by atoms with E-state index in [2.05, 4.69) is 10.2 Å². The van der Waals surface area contributed by atoms with Crippen LogP contribution in [0.15, 0.2) is 40.0 Å². The molecule has 0 bridgehead atoms. The van der Waals surface area contributed by atoms with Crippen LogP contribution in [0.25, 0.3) is 0 Å². The van der Waals surface area contributed by atoms with E-state index < -0.39 is 0 Å². The molecule has 0 aliphatic carbocycles. The lowest BCUT2D eigenvalue weighted by Gasteiger charge is -2.01. The summed E-state index contributed by atoms with van der Waals surface area (Å²) in [5, 5.41) is 7.79. The lowest BCUT2D eigenvalue weighted by molar-refractivity contribution is -0.131. The molecule has 0 saturated carbocycles. The Morgan fingerprint density at radius 2 is 2.12 bits per heavy atom. The van der Waals surface area contributed by atoms with Crippen molar-refractivity contribution in [1.82, 2.24) is 10.2 Å². The molecule has 0 N–H and O–H groups in total. The van der Waals surface area contributed by atoms with Crippen molar-refractivity contribution in [3.8, 4) is 5.75 Å². The van der Waals surface area contributed by atoms with E-state index in [-0.39, 0.29) is 11.7 Å². The highest BCUT2D eigenvalue weighted by molar-refractivity contribution is 7.99. The molecule has 1 aromatic heterocycles. The Morgan fingerprint density at radius 3 is 2.76 bits per heavy atom. The number of rotatable bonds is 4. The topological polar surface area (TPSA) is 65.2 Å². The molecule has 17 heavy (non-hydrogen) atoms. The maximum absolute atomic E-state index is 11.5. The summed E-state index contributed by atoms with van der Waals surface area (Å²) in [6.07, 6.45) is 0. The minimum atomic E-state index is -0.350. The molecule has 0 fully saturated rings. The standard InChI is InChI=1S/C11H10N2O3S/c1-8-12-13-11(15-8)17-7-10(14)16-9-5-3-2-4-6-9/h2-6H,7H2,1H3. The van der Waals surface area contributed by atoms with Crippen LogP contribution in [0.5, 0.6) is 5.75 Å². The lowest BCUT2D eigenvalue weighted by atomic mass is 10.3. The highest BCUT2D eigenvalue weighted by Crippen LogP contribution is 2.16. The lowest BCUT2D eigenvalue weighted by Crippen LogP contribution is -2.10. The molecule has 88 valence electrons. The zero-order chi connectivity index (χ0) is 12.1. The average molecular weight is 250 g/mol. The third-order valence-corrected chi connectivity index (χ3v) is 2.59. The summed E-state index contributed by atoms with van der Waals surface area (Å²) in [6.45, 7) is 1.69. The van der Waals surface area contributed by atoms with Gasteiger partial charge in [0.1, 0.15) is 11.5 Å². The number of thioether (sulfide) groups is 1. The van der Waals surface area contributed by atoms with Gasteiger partial charge in [-0.1, -0.05) is 30.0 Å². The summed E-state index contributed by atoms with van der Waals surface area (Å²) in [7, 11) is 0. The summed E-state index contributed by atoms with van der Waals surface area (Å²) in [6, 6.07) is 8.90. The van der Waals surface area contributed by atoms with Crippen molar-refractivity contribution in [3.63, 3.8) is 0 Å². The van der Waals surface area contributed by atoms with Gasteiger partial charge in [-0.3, -0.25) is 4.79 Å². The Labute approximate surface area is 102 Å². The monoisotopic (exact) mass is 250 g/mol. The first-order valence-corrected chi connectivity index (χ1v) is 5.91. The van der Waals surface area contributed by atoms with Gasteiger partial charge in [-0.15, -0.1) is 10.2 Å². The minimum absolute atomic E-state index is 0.135. The highest BCUT2D eigenvalue weighted by Gasteiger charge is 2.09. The number of para-hydroxylation sites is 1. The van der Waals surface area contributed by atoms with E-state index in [1.165, 1.54) is 0 Å². The first kappa shape index (κ1) is 11.7. The van der Waals surface area contributed by atoms with Crippen LogP contribution >= 0.6 is 11.8 Å². The van der Waals surface area contributed by atoms with E-state index in [0.29, 0.717) is 16.9 Å². The molecule has 6 heteroatoms. The number of nitrogens with zero attached hydrogens (tertiary/aromatic N) is 2. The highest BCUT2D eigenvalue weighted by atomic mass is 32.2. The quantitative estimate of drug-likeness (QED) is 0.470. The third kappa shape index (κ3) is 3.60.